The summed E-state index contributed by atoms with van der Waals surface area (Å²) in [5.74, 6) is 0.0351. The molecule has 3 aromatic rings. The molecular weight excluding hydrogens is 489 g/mol. The lowest BCUT2D eigenvalue weighted by atomic mass is 9.89. The third-order valence-corrected chi connectivity index (χ3v) is 8.75. The molecule has 1 amide bonds. The molecule has 1 fully saturated rings. The summed E-state index contributed by atoms with van der Waals surface area (Å²) < 4.78 is 47.2. The first-order valence-corrected chi connectivity index (χ1v) is 13.7. The van der Waals surface area contributed by atoms with E-state index in [2.05, 4.69) is 14.1 Å². The van der Waals surface area contributed by atoms with Crippen LogP contribution >= 0.6 is 11.5 Å². The predicted octanol–water partition coefficient (Wildman–Crippen LogP) is 3.79. The molecular formula is C24H27FN5O3S2+. The third-order valence-electron chi connectivity index (χ3n) is 6.69. The summed E-state index contributed by atoms with van der Waals surface area (Å²) >= 11 is 0.975. The summed E-state index contributed by atoms with van der Waals surface area (Å²) in [5.41, 5.74) is 2.45. The monoisotopic (exact) mass is 516 g/mol. The second kappa shape index (κ2) is 9.46. The summed E-state index contributed by atoms with van der Waals surface area (Å²) in [4.78, 5) is 19.1. The fourth-order valence-electron chi connectivity index (χ4n) is 4.77. The number of aromatic nitrogens is 2. The van der Waals surface area contributed by atoms with E-state index in [1.807, 2.05) is 40.8 Å². The summed E-state index contributed by atoms with van der Waals surface area (Å²) in [7, 11) is -3.72. The Bertz CT molecular complexity index is 1370. The highest BCUT2D eigenvalue weighted by Gasteiger charge is 2.36. The van der Waals surface area contributed by atoms with Gasteiger partial charge in [0.1, 0.15) is 12.1 Å². The average Bonchev–Trinajstić information content (AvgIpc) is 3.54. The minimum atomic E-state index is -3.72. The summed E-state index contributed by atoms with van der Waals surface area (Å²) in [5, 5.41) is 0.223. The van der Waals surface area contributed by atoms with Gasteiger partial charge in [0.15, 0.2) is 6.21 Å². The van der Waals surface area contributed by atoms with E-state index in [1.54, 1.807) is 18.2 Å². The van der Waals surface area contributed by atoms with Gasteiger partial charge >= 0.3 is 0 Å². The Morgan fingerprint density at radius 1 is 1.23 bits per heavy atom. The van der Waals surface area contributed by atoms with Crippen molar-refractivity contribution in [3.63, 3.8) is 0 Å². The molecule has 8 nitrogen and oxygen atoms in total. The number of piperidine rings is 1. The van der Waals surface area contributed by atoms with Crippen molar-refractivity contribution in [2.45, 2.75) is 43.0 Å². The topological polar surface area (TPSA) is 95.3 Å². The van der Waals surface area contributed by atoms with Crippen LogP contribution in [0.5, 0.6) is 0 Å². The van der Waals surface area contributed by atoms with Gasteiger partial charge in [-0.2, -0.15) is 8.95 Å². The summed E-state index contributed by atoms with van der Waals surface area (Å²) in [6, 6.07) is 11.4. The van der Waals surface area contributed by atoms with Crippen LogP contribution in [0, 0.1) is 5.82 Å². The van der Waals surface area contributed by atoms with Gasteiger partial charge in [0.2, 0.25) is 16.9 Å². The predicted molar refractivity (Wildman–Crippen MR) is 133 cm³/mol. The number of fused-ring (bicyclic) bond motifs is 1. The average molecular weight is 517 g/mol. The number of amides is 1. The smallest absolute Gasteiger partial charge is 0.291 e. The minimum Gasteiger partial charge on any atom is -0.337 e. The number of likely N-dealkylation sites (tertiary alicyclic amines) is 1. The molecule has 0 spiro atoms. The maximum Gasteiger partial charge on any atom is 0.291 e. The number of hydrogen-bond donors (Lipinski definition) is 1. The number of carbonyl (C=O) groups excluding carboxylic acids is 1. The molecule has 2 aromatic carbocycles. The Kier molecular flexibility index (Phi) is 6.37. The van der Waals surface area contributed by atoms with Crippen LogP contribution in [0.2, 0.25) is 0 Å². The largest absolute Gasteiger partial charge is 0.337 e. The maximum absolute atomic E-state index is 14.1. The number of nitrogens with one attached hydrogen (secondary N) is 1. The van der Waals surface area contributed by atoms with Gasteiger partial charge in [-0.3, -0.25) is 9.52 Å². The quantitative estimate of drug-likeness (QED) is 0.503. The van der Waals surface area contributed by atoms with Crippen LogP contribution in [-0.2, 0) is 21.2 Å². The van der Waals surface area contributed by atoms with Crippen LogP contribution in [0.25, 0.3) is 0 Å². The van der Waals surface area contributed by atoms with Crippen LogP contribution in [0.1, 0.15) is 38.2 Å². The van der Waals surface area contributed by atoms with E-state index in [-0.39, 0.29) is 29.1 Å². The molecule has 0 unspecified atom stereocenters. The molecule has 0 radical (unpaired) electrons. The standard InChI is InChI=1S/C24H25FN5O3S2.H2/c1-16(30-14-11-20-21(25)3-2-4-22(20)30)23(31)29-12-9-18(10-13-29)17-5-7-19(8-6-17)35(32,33)28-24-26-15-27-34-24;/h2-8,14-16,18H,9-13H2,1H3,(H,26,27,28);1H/q+1;/t16-;/m0./s1. The first-order chi connectivity index (χ1) is 16.8. The van der Waals surface area contributed by atoms with Gasteiger partial charge in [0.25, 0.3) is 15.9 Å². The Morgan fingerprint density at radius 2 is 1.97 bits per heavy atom. The molecule has 1 aromatic heterocycles. The Morgan fingerprint density at radius 3 is 2.66 bits per heavy atom. The normalized spacial score (nSPS) is 17.1. The SMILES string of the molecule is C[C@@H](C(=O)N1CCC(c2ccc(S(=O)(=O)Nc3ncns3)cc2)CC1)[N+]1=CCc2c(F)cccc21.[HH]. The van der Waals surface area contributed by atoms with Crippen molar-refractivity contribution in [2.24, 2.45) is 0 Å². The van der Waals surface area contributed by atoms with Crippen LogP contribution in [0.15, 0.2) is 53.7 Å². The van der Waals surface area contributed by atoms with Crippen molar-refractivity contribution in [3.8, 4) is 0 Å². The lowest BCUT2D eigenvalue weighted by Crippen LogP contribution is -2.45. The number of sulfonamides is 1. The molecule has 0 aliphatic carbocycles. The van der Waals surface area contributed by atoms with E-state index in [4.69, 9.17) is 0 Å². The highest BCUT2D eigenvalue weighted by atomic mass is 32.2. The lowest BCUT2D eigenvalue weighted by Gasteiger charge is -2.33. The zero-order chi connectivity index (χ0) is 24.6. The number of carbonyl (C=O) groups is 1. The Labute approximate surface area is 208 Å². The number of anilines is 1. The second-order valence-corrected chi connectivity index (χ2v) is 11.2. The van der Waals surface area contributed by atoms with E-state index in [1.165, 1.54) is 12.4 Å². The molecule has 0 saturated carbocycles. The molecule has 1 N–H and O–H groups in total. The van der Waals surface area contributed by atoms with Crippen molar-refractivity contribution in [2.75, 3.05) is 17.8 Å². The van der Waals surface area contributed by atoms with E-state index < -0.39 is 16.1 Å². The molecule has 1 atom stereocenters. The zero-order valence-electron chi connectivity index (χ0n) is 19.1. The zero-order valence-corrected chi connectivity index (χ0v) is 20.7. The minimum absolute atomic E-state index is 0. The highest BCUT2D eigenvalue weighted by molar-refractivity contribution is 7.93. The number of rotatable bonds is 6. The van der Waals surface area contributed by atoms with E-state index >= 15 is 0 Å². The highest BCUT2D eigenvalue weighted by Crippen LogP contribution is 2.31. The first-order valence-electron chi connectivity index (χ1n) is 11.4. The van der Waals surface area contributed by atoms with E-state index in [9.17, 15) is 17.6 Å². The van der Waals surface area contributed by atoms with Gasteiger partial charge in [-0.1, -0.05) is 18.2 Å². The van der Waals surface area contributed by atoms with Gasteiger partial charge in [-0.15, -0.1) is 0 Å². The second-order valence-electron chi connectivity index (χ2n) is 8.73. The van der Waals surface area contributed by atoms with Crippen molar-refractivity contribution >= 4 is 44.5 Å². The molecule has 11 heteroatoms. The molecule has 5 rings (SSSR count). The van der Waals surface area contributed by atoms with Crippen LogP contribution in [0.3, 0.4) is 0 Å². The maximum atomic E-state index is 14.1. The molecule has 1 saturated heterocycles. The number of nitrogens with zero attached hydrogens (tertiary/aromatic N) is 4. The Hall–Kier alpha value is -3.18. The molecule has 0 bridgehead atoms. The molecule has 3 heterocycles. The van der Waals surface area contributed by atoms with Gasteiger partial charge in [-0.05, 0) is 42.5 Å². The molecule has 35 heavy (non-hydrogen) atoms. The summed E-state index contributed by atoms with van der Waals surface area (Å²) in [6.45, 7) is 3.10. The van der Waals surface area contributed by atoms with Gasteiger partial charge < -0.3 is 4.90 Å². The van der Waals surface area contributed by atoms with Crippen molar-refractivity contribution in [1.29, 1.82) is 0 Å². The number of benzene rings is 2. The number of halogens is 1. The lowest BCUT2D eigenvalue weighted by molar-refractivity contribution is -0.460. The van der Waals surface area contributed by atoms with Crippen molar-refractivity contribution in [3.05, 3.63) is 65.7 Å². The van der Waals surface area contributed by atoms with Gasteiger partial charge in [-0.25, -0.2) is 17.8 Å². The first kappa shape index (κ1) is 23.6. The van der Waals surface area contributed by atoms with Crippen molar-refractivity contribution < 1.29 is 23.6 Å². The number of hydrogen-bond acceptors (Lipinski definition) is 6. The molecule has 2 aliphatic rings. The van der Waals surface area contributed by atoms with Gasteiger partial charge in [0, 0.05) is 39.0 Å². The summed E-state index contributed by atoms with van der Waals surface area (Å²) in [6.07, 6.45) is 5.26. The van der Waals surface area contributed by atoms with Crippen LogP contribution in [-0.4, -0.2) is 58.5 Å². The van der Waals surface area contributed by atoms with Crippen molar-refractivity contribution in [1.82, 2.24) is 14.3 Å². The molecule has 2 aliphatic heterocycles. The Balaban J connectivity index is 0.00000304. The third kappa shape index (κ3) is 4.70. The van der Waals surface area contributed by atoms with E-state index in [0.717, 1.165) is 35.6 Å². The van der Waals surface area contributed by atoms with Crippen LogP contribution in [0.4, 0.5) is 15.2 Å². The van der Waals surface area contributed by atoms with Gasteiger partial charge in [0.05, 0.1) is 16.9 Å². The molecule has 184 valence electrons. The fourth-order valence-corrected chi connectivity index (χ4v) is 6.43. The fraction of sp³-hybridized carbons (Fsp3) is 0.333. The van der Waals surface area contributed by atoms with Crippen LogP contribution < -0.4 is 4.72 Å². The van der Waals surface area contributed by atoms with E-state index in [0.29, 0.717) is 25.1 Å².